The van der Waals surface area contributed by atoms with Crippen LogP contribution in [0.25, 0.3) is 0 Å². The molecule has 0 fully saturated rings. The largest absolute Gasteiger partial charge is 0.338 e. The number of hydrogen-bond acceptors (Lipinski definition) is 1. The topological polar surface area (TPSA) is 41.1 Å². The van der Waals surface area contributed by atoms with Crippen LogP contribution in [-0.4, -0.2) is 12.6 Å². The molecule has 1 aromatic rings. The number of amides is 2. The van der Waals surface area contributed by atoms with Crippen molar-refractivity contribution in [1.29, 1.82) is 0 Å². The summed E-state index contributed by atoms with van der Waals surface area (Å²) < 4.78 is 0.918. The maximum Gasteiger partial charge on any atom is 0.319 e. The maximum absolute atomic E-state index is 11.2. The Balaban J connectivity index is 2.72. The lowest BCUT2D eigenvalue weighted by atomic mass is 10.3. The molecule has 0 aliphatic rings. The molecule has 5 heteroatoms. The summed E-state index contributed by atoms with van der Waals surface area (Å²) in [5.41, 5.74) is 0.765. The van der Waals surface area contributed by atoms with Crippen molar-refractivity contribution in [3.63, 3.8) is 0 Å². The van der Waals surface area contributed by atoms with Crippen molar-refractivity contribution in [2.75, 3.05) is 11.9 Å². The standard InChI is InChI=1S/C9H10ClIN2O/c1-2-12-9(14)13-8-4-3-6(10)5-7(8)11/h3-5H,2H2,1H3,(H2,12,13,14). The van der Waals surface area contributed by atoms with E-state index in [9.17, 15) is 4.79 Å². The van der Waals surface area contributed by atoms with Crippen LogP contribution in [0, 0.1) is 3.57 Å². The van der Waals surface area contributed by atoms with Gasteiger partial charge in [0.2, 0.25) is 0 Å². The highest BCUT2D eigenvalue weighted by Gasteiger charge is 2.03. The lowest BCUT2D eigenvalue weighted by molar-refractivity contribution is 0.252. The van der Waals surface area contributed by atoms with E-state index in [1.54, 1.807) is 18.2 Å². The molecule has 2 N–H and O–H groups in total. The molecule has 0 aliphatic heterocycles. The van der Waals surface area contributed by atoms with Gasteiger partial charge in [0.05, 0.1) is 5.69 Å². The summed E-state index contributed by atoms with van der Waals surface area (Å²) in [6, 6.07) is 5.11. The van der Waals surface area contributed by atoms with E-state index in [4.69, 9.17) is 11.6 Å². The SMILES string of the molecule is CCNC(=O)Nc1ccc(Cl)cc1I. The maximum atomic E-state index is 11.2. The van der Waals surface area contributed by atoms with E-state index in [0.29, 0.717) is 11.6 Å². The molecule has 1 aromatic carbocycles. The summed E-state index contributed by atoms with van der Waals surface area (Å²) >= 11 is 7.90. The lowest BCUT2D eigenvalue weighted by Gasteiger charge is -2.07. The fourth-order valence-electron chi connectivity index (χ4n) is 0.918. The summed E-state index contributed by atoms with van der Waals surface area (Å²) in [6.45, 7) is 2.47. The predicted molar refractivity (Wildman–Crippen MR) is 66.9 cm³/mol. The Morgan fingerprint density at radius 1 is 1.57 bits per heavy atom. The molecule has 2 amide bonds. The van der Waals surface area contributed by atoms with Gasteiger partial charge < -0.3 is 10.6 Å². The molecule has 0 bridgehead atoms. The molecule has 0 aliphatic carbocycles. The smallest absolute Gasteiger partial charge is 0.319 e. The molecule has 0 saturated carbocycles. The number of benzene rings is 1. The average Bonchev–Trinajstić information content (AvgIpc) is 2.10. The van der Waals surface area contributed by atoms with Crippen molar-refractivity contribution in [1.82, 2.24) is 5.32 Å². The van der Waals surface area contributed by atoms with Crippen LogP contribution in [-0.2, 0) is 0 Å². The van der Waals surface area contributed by atoms with Crippen molar-refractivity contribution in [2.24, 2.45) is 0 Å². The van der Waals surface area contributed by atoms with Crippen molar-refractivity contribution in [2.45, 2.75) is 6.92 Å². The molecule has 0 unspecified atom stereocenters. The van der Waals surface area contributed by atoms with Gasteiger partial charge in [-0.05, 0) is 47.7 Å². The predicted octanol–water partition coefficient (Wildman–Crippen LogP) is 3.09. The highest BCUT2D eigenvalue weighted by molar-refractivity contribution is 14.1. The summed E-state index contributed by atoms with van der Waals surface area (Å²) in [7, 11) is 0. The number of carbonyl (C=O) groups excluding carboxylic acids is 1. The zero-order chi connectivity index (χ0) is 10.6. The van der Waals surface area contributed by atoms with E-state index >= 15 is 0 Å². The minimum atomic E-state index is -0.201. The molecule has 0 aromatic heterocycles. The van der Waals surface area contributed by atoms with Gasteiger partial charge in [-0.25, -0.2) is 4.79 Å². The molecular weight excluding hydrogens is 314 g/mol. The first-order valence-electron chi connectivity index (χ1n) is 4.13. The minimum absolute atomic E-state index is 0.201. The zero-order valence-corrected chi connectivity index (χ0v) is 10.5. The Morgan fingerprint density at radius 2 is 2.29 bits per heavy atom. The highest BCUT2D eigenvalue weighted by Crippen LogP contribution is 2.21. The monoisotopic (exact) mass is 324 g/mol. The van der Waals surface area contributed by atoms with E-state index < -0.39 is 0 Å². The van der Waals surface area contributed by atoms with Gasteiger partial charge in [0.25, 0.3) is 0 Å². The third-order valence-corrected chi connectivity index (χ3v) is 2.64. The molecule has 3 nitrogen and oxygen atoms in total. The molecule has 0 saturated heterocycles. The second kappa shape index (κ2) is 5.41. The Kier molecular flexibility index (Phi) is 4.47. The van der Waals surface area contributed by atoms with Gasteiger partial charge in [0, 0.05) is 15.1 Å². The first-order chi connectivity index (χ1) is 6.63. The van der Waals surface area contributed by atoms with Gasteiger partial charge in [-0.1, -0.05) is 11.6 Å². The van der Waals surface area contributed by atoms with Crippen molar-refractivity contribution >= 4 is 45.9 Å². The fourth-order valence-corrected chi connectivity index (χ4v) is 1.92. The van der Waals surface area contributed by atoms with E-state index in [1.807, 2.05) is 6.92 Å². The first kappa shape index (κ1) is 11.6. The van der Waals surface area contributed by atoms with Crippen molar-refractivity contribution < 1.29 is 4.79 Å². The zero-order valence-electron chi connectivity index (χ0n) is 7.60. The quantitative estimate of drug-likeness (QED) is 0.807. The third-order valence-electron chi connectivity index (χ3n) is 1.52. The molecular formula is C9H10ClIN2O. The molecule has 0 radical (unpaired) electrons. The molecule has 0 atom stereocenters. The van der Waals surface area contributed by atoms with Crippen LogP contribution >= 0.6 is 34.2 Å². The Labute approximate surface area is 101 Å². The van der Waals surface area contributed by atoms with Gasteiger partial charge in [-0.3, -0.25) is 0 Å². The molecule has 0 heterocycles. The van der Waals surface area contributed by atoms with Crippen LogP contribution in [0.1, 0.15) is 6.92 Å². The molecule has 1 rings (SSSR count). The second-order valence-electron chi connectivity index (χ2n) is 2.61. The summed E-state index contributed by atoms with van der Waals surface area (Å²) in [5, 5.41) is 6.03. The van der Waals surface area contributed by atoms with Crippen LogP contribution in [0.15, 0.2) is 18.2 Å². The van der Waals surface area contributed by atoms with Gasteiger partial charge in [-0.2, -0.15) is 0 Å². The van der Waals surface area contributed by atoms with Crippen LogP contribution < -0.4 is 10.6 Å². The van der Waals surface area contributed by atoms with Crippen LogP contribution in [0.5, 0.6) is 0 Å². The number of anilines is 1. The lowest BCUT2D eigenvalue weighted by Crippen LogP contribution is -2.28. The van der Waals surface area contributed by atoms with Gasteiger partial charge in [0.15, 0.2) is 0 Å². The fraction of sp³-hybridized carbons (Fsp3) is 0.222. The normalized spacial score (nSPS) is 9.64. The number of hydrogen-bond donors (Lipinski definition) is 2. The van der Waals surface area contributed by atoms with Crippen molar-refractivity contribution in [3.8, 4) is 0 Å². The first-order valence-corrected chi connectivity index (χ1v) is 5.59. The van der Waals surface area contributed by atoms with E-state index in [2.05, 4.69) is 33.2 Å². The summed E-state index contributed by atoms with van der Waals surface area (Å²) in [4.78, 5) is 11.2. The Hall–Kier alpha value is -0.490. The summed E-state index contributed by atoms with van der Waals surface area (Å²) in [5.74, 6) is 0. The summed E-state index contributed by atoms with van der Waals surface area (Å²) in [6.07, 6.45) is 0. The molecule has 14 heavy (non-hydrogen) atoms. The van der Waals surface area contributed by atoms with E-state index in [0.717, 1.165) is 9.26 Å². The number of carbonyl (C=O) groups is 1. The highest BCUT2D eigenvalue weighted by atomic mass is 127. The second-order valence-corrected chi connectivity index (χ2v) is 4.21. The third kappa shape index (κ3) is 3.34. The van der Waals surface area contributed by atoms with Crippen LogP contribution in [0.2, 0.25) is 5.02 Å². The van der Waals surface area contributed by atoms with Crippen LogP contribution in [0.3, 0.4) is 0 Å². The van der Waals surface area contributed by atoms with Crippen LogP contribution in [0.4, 0.5) is 10.5 Å². The van der Waals surface area contributed by atoms with Gasteiger partial charge in [0.1, 0.15) is 0 Å². The Morgan fingerprint density at radius 3 is 2.86 bits per heavy atom. The molecule has 76 valence electrons. The van der Waals surface area contributed by atoms with Crippen molar-refractivity contribution in [3.05, 3.63) is 26.8 Å². The number of nitrogens with one attached hydrogen (secondary N) is 2. The number of urea groups is 1. The van der Waals surface area contributed by atoms with Gasteiger partial charge >= 0.3 is 6.03 Å². The average molecular weight is 325 g/mol. The van der Waals surface area contributed by atoms with E-state index in [-0.39, 0.29) is 6.03 Å². The number of rotatable bonds is 2. The minimum Gasteiger partial charge on any atom is -0.338 e. The number of halogens is 2. The van der Waals surface area contributed by atoms with E-state index in [1.165, 1.54) is 0 Å². The Bertz CT molecular complexity index is 344. The molecule has 0 spiro atoms. The van der Waals surface area contributed by atoms with Gasteiger partial charge in [-0.15, -0.1) is 0 Å².